The lowest BCUT2D eigenvalue weighted by molar-refractivity contribution is 0.0600. The van der Waals surface area contributed by atoms with E-state index in [0.29, 0.717) is 17.0 Å². The van der Waals surface area contributed by atoms with Crippen LogP contribution in [0.5, 0.6) is 0 Å². The summed E-state index contributed by atoms with van der Waals surface area (Å²) >= 11 is 5.75. The molecule has 2 rings (SSSR count). The molecule has 0 radical (unpaired) electrons. The normalized spacial score (nSPS) is 12.0. The first-order valence-electron chi connectivity index (χ1n) is 6.16. The summed E-state index contributed by atoms with van der Waals surface area (Å²) in [4.78, 5) is 15.9. The SMILES string of the molecule is COC(=O)c1cc(-c2ccc(F)c(Cl)c2)nc(C(C)O)c1. The maximum Gasteiger partial charge on any atom is 0.337 e. The summed E-state index contributed by atoms with van der Waals surface area (Å²) in [5.41, 5.74) is 1.50. The van der Waals surface area contributed by atoms with E-state index in [9.17, 15) is 14.3 Å². The number of aliphatic hydroxyl groups excluding tert-OH is 1. The third-order valence-electron chi connectivity index (χ3n) is 2.91. The second-order valence-corrected chi connectivity index (χ2v) is 4.87. The van der Waals surface area contributed by atoms with Crippen molar-refractivity contribution >= 4 is 17.6 Å². The number of aromatic nitrogens is 1. The van der Waals surface area contributed by atoms with Crippen molar-refractivity contribution in [1.29, 1.82) is 0 Å². The molecule has 0 bridgehead atoms. The van der Waals surface area contributed by atoms with Crippen LogP contribution in [0.15, 0.2) is 30.3 Å². The van der Waals surface area contributed by atoms with Gasteiger partial charge in [-0.3, -0.25) is 4.98 Å². The molecular formula is C15H13ClFNO3. The first-order chi connectivity index (χ1) is 9.92. The van der Waals surface area contributed by atoms with Crippen molar-refractivity contribution in [2.24, 2.45) is 0 Å². The fraction of sp³-hybridized carbons (Fsp3) is 0.200. The number of ether oxygens (including phenoxy) is 1. The number of aliphatic hydroxyl groups is 1. The molecule has 0 amide bonds. The van der Waals surface area contributed by atoms with E-state index in [4.69, 9.17) is 11.6 Å². The van der Waals surface area contributed by atoms with E-state index < -0.39 is 17.9 Å². The lowest BCUT2D eigenvalue weighted by Crippen LogP contribution is -2.06. The van der Waals surface area contributed by atoms with Gasteiger partial charge in [0.05, 0.1) is 35.2 Å². The van der Waals surface area contributed by atoms with Crippen LogP contribution in [0.2, 0.25) is 5.02 Å². The van der Waals surface area contributed by atoms with Crippen molar-refractivity contribution in [3.05, 3.63) is 52.4 Å². The molecule has 1 heterocycles. The summed E-state index contributed by atoms with van der Waals surface area (Å²) in [5.74, 6) is -1.09. The number of nitrogens with zero attached hydrogens (tertiary/aromatic N) is 1. The zero-order chi connectivity index (χ0) is 15.6. The van der Waals surface area contributed by atoms with Gasteiger partial charge in [0.25, 0.3) is 0 Å². The third kappa shape index (κ3) is 3.37. The van der Waals surface area contributed by atoms with E-state index >= 15 is 0 Å². The Kier molecular flexibility index (Phi) is 4.55. The Labute approximate surface area is 126 Å². The first-order valence-corrected chi connectivity index (χ1v) is 6.54. The smallest absolute Gasteiger partial charge is 0.337 e. The number of carbonyl (C=O) groups excluding carboxylic acids is 1. The van der Waals surface area contributed by atoms with Gasteiger partial charge in [0, 0.05) is 5.56 Å². The Morgan fingerprint density at radius 2 is 2.10 bits per heavy atom. The fourth-order valence-corrected chi connectivity index (χ4v) is 1.99. The largest absolute Gasteiger partial charge is 0.465 e. The number of methoxy groups -OCH3 is 1. The van der Waals surface area contributed by atoms with E-state index in [1.54, 1.807) is 0 Å². The number of hydrogen-bond donors (Lipinski definition) is 1. The van der Waals surface area contributed by atoms with Crippen LogP contribution in [0, 0.1) is 5.82 Å². The number of carbonyl (C=O) groups is 1. The van der Waals surface area contributed by atoms with Gasteiger partial charge in [-0.15, -0.1) is 0 Å². The van der Waals surface area contributed by atoms with E-state index in [0.717, 1.165) is 0 Å². The minimum atomic E-state index is -0.857. The van der Waals surface area contributed by atoms with Crippen LogP contribution in [0.25, 0.3) is 11.3 Å². The Morgan fingerprint density at radius 3 is 2.67 bits per heavy atom. The van der Waals surface area contributed by atoms with Gasteiger partial charge in [-0.25, -0.2) is 9.18 Å². The van der Waals surface area contributed by atoms with Gasteiger partial charge >= 0.3 is 5.97 Å². The zero-order valence-electron chi connectivity index (χ0n) is 11.4. The zero-order valence-corrected chi connectivity index (χ0v) is 12.2. The van der Waals surface area contributed by atoms with Crippen molar-refractivity contribution in [1.82, 2.24) is 4.98 Å². The van der Waals surface area contributed by atoms with Crippen molar-refractivity contribution < 1.29 is 19.0 Å². The van der Waals surface area contributed by atoms with Gasteiger partial charge in [0.2, 0.25) is 0 Å². The number of benzene rings is 1. The first kappa shape index (κ1) is 15.4. The number of halogens is 2. The Bertz CT molecular complexity index is 689. The molecular weight excluding hydrogens is 297 g/mol. The average Bonchev–Trinajstić information content (AvgIpc) is 2.48. The molecule has 0 aliphatic rings. The predicted octanol–water partition coefficient (Wildman–Crippen LogP) is 3.38. The second kappa shape index (κ2) is 6.20. The van der Waals surface area contributed by atoms with E-state index in [1.807, 2.05) is 0 Å². The van der Waals surface area contributed by atoms with Crippen LogP contribution in [0.4, 0.5) is 4.39 Å². The summed E-state index contributed by atoms with van der Waals surface area (Å²) in [6, 6.07) is 7.07. The minimum Gasteiger partial charge on any atom is -0.465 e. The third-order valence-corrected chi connectivity index (χ3v) is 3.20. The van der Waals surface area contributed by atoms with Crippen LogP contribution < -0.4 is 0 Å². The van der Waals surface area contributed by atoms with Crippen molar-refractivity contribution in [2.75, 3.05) is 7.11 Å². The number of rotatable bonds is 3. The van der Waals surface area contributed by atoms with Crippen molar-refractivity contribution in [3.63, 3.8) is 0 Å². The van der Waals surface area contributed by atoms with Gasteiger partial charge in [0.15, 0.2) is 0 Å². The highest BCUT2D eigenvalue weighted by atomic mass is 35.5. The van der Waals surface area contributed by atoms with Crippen LogP contribution >= 0.6 is 11.6 Å². The molecule has 2 aromatic rings. The Balaban J connectivity index is 2.58. The lowest BCUT2D eigenvalue weighted by atomic mass is 10.1. The monoisotopic (exact) mass is 309 g/mol. The van der Waals surface area contributed by atoms with Gasteiger partial charge in [-0.05, 0) is 37.3 Å². The summed E-state index contributed by atoms with van der Waals surface area (Å²) in [7, 11) is 1.26. The second-order valence-electron chi connectivity index (χ2n) is 4.46. The summed E-state index contributed by atoms with van der Waals surface area (Å²) in [6.45, 7) is 1.53. The van der Waals surface area contributed by atoms with Crippen molar-refractivity contribution in [3.8, 4) is 11.3 Å². The fourth-order valence-electron chi connectivity index (χ4n) is 1.80. The Morgan fingerprint density at radius 1 is 1.38 bits per heavy atom. The number of pyridine rings is 1. The Hall–Kier alpha value is -1.98. The maximum atomic E-state index is 13.2. The quantitative estimate of drug-likeness (QED) is 0.883. The highest BCUT2D eigenvalue weighted by molar-refractivity contribution is 6.31. The molecule has 0 aliphatic heterocycles. The topological polar surface area (TPSA) is 59.4 Å². The van der Waals surface area contributed by atoms with Crippen LogP contribution in [0.1, 0.15) is 29.1 Å². The van der Waals surface area contributed by atoms with E-state index in [1.165, 1.54) is 44.4 Å². The summed E-state index contributed by atoms with van der Waals surface area (Å²) in [6.07, 6.45) is -0.857. The molecule has 1 N–H and O–H groups in total. The highest BCUT2D eigenvalue weighted by Gasteiger charge is 2.14. The highest BCUT2D eigenvalue weighted by Crippen LogP contribution is 2.26. The molecule has 0 saturated carbocycles. The number of esters is 1. The molecule has 0 fully saturated rings. The molecule has 1 unspecified atom stereocenters. The molecule has 6 heteroatoms. The van der Waals surface area contributed by atoms with E-state index in [-0.39, 0.29) is 10.6 Å². The molecule has 1 aromatic carbocycles. The van der Waals surface area contributed by atoms with E-state index in [2.05, 4.69) is 9.72 Å². The lowest BCUT2D eigenvalue weighted by Gasteiger charge is -2.10. The van der Waals surface area contributed by atoms with Crippen molar-refractivity contribution in [2.45, 2.75) is 13.0 Å². The van der Waals surface area contributed by atoms with Gasteiger partial charge < -0.3 is 9.84 Å². The van der Waals surface area contributed by atoms with Crippen LogP contribution in [-0.2, 0) is 4.74 Å². The summed E-state index contributed by atoms with van der Waals surface area (Å²) < 4.78 is 17.9. The number of hydrogen-bond acceptors (Lipinski definition) is 4. The molecule has 4 nitrogen and oxygen atoms in total. The van der Waals surface area contributed by atoms with Gasteiger partial charge in [0.1, 0.15) is 5.82 Å². The van der Waals surface area contributed by atoms with Gasteiger partial charge in [-0.1, -0.05) is 11.6 Å². The molecule has 0 spiro atoms. The molecule has 0 saturated heterocycles. The molecule has 1 atom stereocenters. The standard InChI is InChI=1S/C15H13ClFNO3/c1-8(19)13-6-10(15(20)21-2)7-14(18-13)9-3-4-12(17)11(16)5-9/h3-8,19H,1-2H3. The molecule has 110 valence electrons. The predicted molar refractivity (Wildman–Crippen MR) is 76.6 cm³/mol. The summed E-state index contributed by atoms with van der Waals surface area (Å²) in [5, 5.41) is 9.63. The molecule has 1 aromatic heterocycles. The average molecular weight is 310 g/mol. The maximum absolute atomic E-state index is 13.2. The minimum absolute atomic E-state index is 0.0450. The van der Waals surface area contributed by atoms with Crippen LogP contribution in [-0.4, -0.2) is 23.2 Å². The molecule has 21 heavy (non-hydrogen) atoms. The van der Waals surface area contributed by atoms with Gasteiger partial charge in [-0.2, -0.15) is 0 Å². The van der Waals surface area contributed by atoms with Crippen LogP contribution in [0.3, 0.4) is 0 Å². The molecule has 0 aliphatic carbocycles.